The van der Waals surface area contributed by atoms with Crippen molar-refractivity contribution >= 4 is 28.5 Å². The fraction of sp³-hybridized carbons (Fsp3) is 0.395. The quantitative estimate of drug-likeness (QED) is 0.162. The second-order valence-electron chi connectivity index (χ2n) is 12.6. The first-order valence-corrected chi connectivity index (χ1v) is 17.8. The zero-order valence-corrected chi connectivity index (χ0v) is 29.1. The first-order valence-electron chi connectivity index (χ1n) is 16.6. The van der Waals surface area contributed by atoms with Crippen molar-refractivity contribution in [3.05, 3.63) is 107 Å². The molecular weight excluding hydrogens is 644 g/mol. The standard InChI is InChI=1S/C32H38N2O6.C6H6O2S/c1-22-29(31(36)27-10-5-4-9-26(27)30(22)35)25(8-6-7-11-28-33-40-32(2,3)39-28)23-12-14-24(15-13-23)38-21-18-34-16-19-37-20-17-34;7-9(8)6-4-2-1-3-5-6/h4-5,9-10,12-15,25H,6-8,11,16-21H2,1-3H3;1-5H,(H,7,8)/t25-;/m1./s1. The summed E-state index contributed by atoms with van der Waals surface area (Å²) in [5.74, 6) is 0.291. The van der Waals surface area contributed by atoms with E-state index in [9.17, 15) is 13.8 Å². The van der Waals surface area contributed by atoms with E-state index < -0.39 is 16.9 Å². The summed E-state index contributed by atoms with van der Waals surface area (Å²) in [6.07, 6.45) is 3.01. The topological polar surface area (TPSA) is 124 Å². The van der Waals surface area contributed by atoms with Crippen molar-refractivity contribution in [2.75, 3.05) is 39.5 Å². The van der Waals surface area contributed by atoms with Gasteiger partial charge in [0.05, 0.1) is 18.1 Å². The normalized spacial score (nSPS) is 18.3. The molecular formula is C38H44N2O8S. The lowest BCUT2D eigenvalue weighted by Crippen LogP contribution is -2.38. The van der Waals surface area contributed by atoms with Crippen LogP contribution in [0, 0.1) is 0 Å². The monoisotopic (exact) mass is 688 g/mol. The third-order valence-electron chi connectivity index (χ3n) is 8.63. The summed E-state index contributed by atoms with van der Waals surface area (Å²) in [6, 6.07) is 23.5. The van der Waals surface area contributed by atoms with Crippen molar-refractivity contribution in [1.29, 1.82) is 0 Å². The summed E-state index contributed by atoms with van der Waals surface area (Å²) >= 11 is -1.83. The van der Waals surface area contributed by atoms with Gasteiger partial charge in [-0.05, 0) is 54.8 Å². The molecule has 0 aromatic heterocycles. The number of allylic oxidation sites excluding steroid dienone is 2. The number of fused-ring (bicyclic) bond motifs is 1. The van der Waals surface area contributed by atoms with E-state index in [2.05, 4.69) is 10.1 Å². The highest BCUT2D eigenvalue weighted by Gasteiger charge is 2.35. The number of morpholine rings is 1. The van der Waals surface area contributed by atoms with E-state index >= 15 is 0 Å². The molecule has 2 heterocycles. The molecule has 2 atom stereocenters. The Kier molecular flexibility index (Phi) is 12.5. The predicted molar refractivity (Wildman–Crippen MR) is 187 cm³/mol. The van der Waals surface area contributed by atoms with E-state index in [0.717, 1.165) is 57.0 Å². The molecule has 260 valence electrons. The fourth-order valence-electron chi connectivity index (χ4n) is 6.07. The van der Waals surface area contributed by atoms with Gasteiger partial charge in [0.25, 0.3) is 5.79 Å². The molecule has 0 saturated carbocycles. The Hall–Kier alpha value is -4.16. The van der Waals surface area contributed by atoms with Gasteiger partial charge in [-0.2, -0.15) is 0 Å². The SMILES string of the molecule is CC1=C([C@H](CCCCC2=NOC(C)(C)O2)c2ccc(OCCN3CCOCC3)cc2)C(=O)c2ccccc2C1=O.O=S(O)c1ccccc1. The van der Waals surface area contributed by atoms with Gasteiger partial charge in [0.1, 0.15) is 12.4 Å². The summed E-state index contributed by atoms with van der Waals surface area (Å²) in [5, 5.41) is 4.04. The summed E-state index contributed by atoms with van der Waals surface area (Å²) in [4.78, 5) is 35.1. The van der Waals surface area contributed by atoms with Gasteiger partial charge >= 0.3 is 0 Å². The van der Waals surface area contributed by atoms with Gasteiger partial charge in [0.2, 0.25) is 5.90 Å². The molecule has 1 aliphatic carbocycles. The Bertz CT molecular complexity index is 1680. The van der Waals surface area contributed by atoms with Gasteiger partial charge in [-0.15, -0.1) is 0 Å². The Morgan fingerprint density at radius 2 is 1.57 bits per heavy atom. The van der Waals surface area contributed by atoms with Crippen LogP contribution >= 0.6 is 0 Å². The molecule has 10 nitrogen and oxygen atoms in total. The van der Waals surface area contributed by atoms with Gasteiger partial charge in [-0.1, -0.05) is 61.0 Å². The molecule has 3 aromatic rings. The lowest BCUT2D eigenvalue weighted by Gasteiger charge is -2.27. The van der Waals surface area contributed by atoms with Gasteiger partial charge in [-0.3, -0.25) is 14.5 Å². The molecule has 0 spiro atoms. The number of oxime groups is 1. The summed E-state index contributed by atoms with van der Waals surface area (Å²) in [6.45, 7) is 10.3. The first kappa shape index (κ1) is 36.1. The van der Waals surface area contributed by atoms with Crippen molar-refractivity contribution in [3.63, 3.8) is 0 Å². The Labute approximate surface area is 290 Å². The van der Waals surface area contributed by atoms with Gasteiger partial charge < -0.3 is 23.6 Å². The molecule has 49 heavy (non-hydrogen) atoms. The average Bonchev–Trinajstić information content (AvgIpc) is 3.47. The molecule has 1 unspecified atom stereocenters. The van der Waals surface area contributed by atoms with Crippen molar-refractivity contribution in [2.24, 2.45) is 5.16 Å². The maximum Gasteiger partial charge on any atom is 0.271 e. The summed E-state index contributed by atoms with van der Waals surface area (Å²) in [7, 11) is 0. The average molecular weight is 689 g/mol. The fourth-order valence-corrected chi connectivity index (χ4v) is 6.46. The predicted octanol–water partition coefficient (Wildman–Crippen LogP) is 6.80. The Balaban J connectivity index is 0.000000452. The minimum Gasteiger partial charge on any atom is -0.492 e. The number of ketones is 2. The van der Waals surface area contributed by atoms with E-state index in [1.54, 1.807) is 55.5 Å². The van der Waals surface area contributed by atoms with Crippen LogP contribution in [0.1, 0.15) is 78.7 Å². The number of nitrogens with zero attached hydrogens (tertiary/aromatic N) is 2. The van der Waals surface area contributed by atoms with Crippen molar-refractivity contribution < 1.29 is 37.4 Å². The first-order chi connectivity index (χ1) is 23.6. The van der Waals surface area contributed by atoms with Crippen LogP contribution in [-0.4, -0.2) is 76.4 Å². The zero-order valence-electron chi connectivity index (χ0n) is 28.3. The van der Waals surface area contributed by atoms with Gasteiger partial charge in [0, 0.05) is 68.1 Å². The minimum absolute atomic E-state index is 0.0674. The number of rotatable bonds is 12. The van der Waals surface area contributed by atoms with Crippen LogP contribution < -0.4 is 4.74 Å². The van der Waals surface area contributed by atoms with E-state index in [1.165, 1.54) is 0 Å². The lowest BCUT2D eigenvalue weighted by molar-refractivity contribution is -0.129. The number of ether oxygens (including phenoxy) is 3. The van der Waals surface area contributed by atoms with Crippen molar-refractivity contribution in [1.82, 2.24) is 4.90 Å². The number of carbonyl (C=O) groups is 2. The number of unbranched alkanes of at least 4 members (excludes halogenated alkanes) is 1. The highest BCUT2D eigenvalue weighted by molar-refractivity contribution is 7.79. The van der Waals surface area contributed by atoms with Crippen molar-refractivity contribution in [2.45, 2.75) is 63.1 Å². The minimum atomic E-state index is -1.83. The van der Waals surface area contributed by atoms with Crippen LogP contribution in [-0.2, 0) is 25.4 Å². The number of hydrogen-bond acceptors (Lipinski definition) is 9. The van der Waals surface area contributed by atoms with E-state index in [0.29, 0.717) is 52.5 Å². The number of benzene rings is 3. The largest absolute Gasteiger partial charge is 0.492 e. The number of carbonyl (C=O) groups excluding carboxylic acids is 2. The molecule has 6 rings (SSSR count). The summed E-state index contributed by atoms with van der Waals surface area (Å²) in [5.41, 5.74) is 3.07. The smallest absolute Gasteiger partial charge is 0.271 e. The molecule has 0 amide bonds. The lowest BCUT2D eigenvalue weighted by atomic mass is 9.75. The third-order valence-corrected chi connectivity index (χ3v) is 9.30. The van der Waals surface area contributed by atoms with E-state index in [-0.39, 0.29) is 17.5 Å². The Morgan fingerprint density at radius 1 is 0.918 bits per heavy atom. The molecule has 1 fully saturated rings. The van der Waals surface area contributed by atoms with E-state index in [4.69, 9.17) is 23.6 Å². The molecule has 2 aliphatic heterocycles. The van der Waals surface area contributed by atoms with Crippen LogP contribution in [0.25, 0.3) is 0 Å². The van der Waals surface area contributed by atoms with Crippen LogP contribution in [0.3, 0.4) is 0 Å². The second-order valence-corrected chi connectivity index (χ2v) is 13.5. The molecule has 0 radical (unpaired) electrons. The number of Topliss-reactive ketones (excluding diaryl/α,β-unsaturated/α-hetero) is 2. The highest BCUT2D eigenvalue weighted by Crippen LogP contribution is 2.39. The van der Waals surface area contributed by atoms with Crippen LogP contribution in [0.15, 0.2) is 100 Å². The number of hydrogen-bond donors (Lipinski definition) is 1. The van der Waals surface area contributed by atoms with Crippen molar-refractivity contribution in [3.8, 4) is 5.75 Å². The molecule has 3 aromatic carbocycles. The Morgan fingerprint density at radius 3 is 2.18 bits per heavy atom. The third kappa shape index (κ3) is 9.72. The van der Waals surface area contributed by atoms with Gasteiger partial charge in [-0.25, -0.2) is 4.21 Å². The van der Waals surface area contributed by atoms with E-state index in [1.807, 2.05) is 44.2 Å². The second kappa shape index (κ2) is 17.0. The maximum atomic E-state index is 13.8. The molecule has 11 heteroatoms. The zero-order chi connectivity index (χ0) is 34.8. The van der Waals surface area contributed by atoms with Crippen LogP contribution in [0.2, 0.25) is 0 Å². The van der Waals surface area contributed by atoms with Crippen LogP contribution in [0.4, 0.5) is 0 Å². The maximum absolute atomic E-state index is 13.8. The highest BCUT2D eigenvalue weighted by atomic mass is 32.2. The van der Waals surface area contributed by atoms with Crippen LogP contribution in [0.5, 0.6) is 5.75 Å². The molecule has 3 aliphatic rings. The summed E-state index contributed by atoms with van der Waals surface area (Å²) < 4.78 is 36.0. The van der Waals surface area contributed by atoms with Gasteiger partial charge in [0.15, 0.2) is 22.6 Å². The molecule has 1 saturated heterocycles. The molecule has 1 N–H and O–H groups in total. The molecule has 0 bridgehead atoms.